The Labute approximate surface area is 146 Å². The lowest BCUT2D eigenvalue weighted by atomic mass is 9.92. The van der Waals surface area contributed by atoms with Crippen LogP contribution >= 0.6 is 0 Å². The standard InChI is InChI=1S/C19H21FN2O3/c1-19(25,13-7-5-4-6-8-13)12-17(23)21-14-9-10-16(20)15(11-14)18(24)22(2)3/h4-11,25H,12H2,1-3H3,(H,21,23). The zero-order valence-electron chi connectivity index (χ0n) is 14.4. The second-order valence-electron chi connectivity index (χ2n) is 6.26. The van der Waals surface area contributed by atoms with Crippen molar-refractivity contribution in [1.82, 2.24) is 4.90 Å². The van der Waals surface area contributed by atoms with Crippen LogP contribution < -0.4 is 5.32 Å². The first-order valence-corrected chi connectivity index (χ1v) is 7.79. The Hall–Kier alpha value is -2.73. The lowest BCUT2D eigenvalue weighted by Gasteiger charge is -2.23. The van der Waals surface area contributed by atoms with Gasteiger partial charge in [0, 0.05) is 19.8 Å². The first-order chi connectivity index (χ1) is 11.7. The summed E-state index contributed by atoms with van der Waals surface area (Å²) in [6, 6.07) is 12.6. The van der Waals surface area contributed by atoms with E-state index in [1.165, 1.54) is 31.1 Å². The topological polar surface area (TPSA) is 69.6 Å². The van der Waals surface area contributed by atoms with E-state index in [1.807, 2.05) is 6.07 Å². The summed E-state index contributed by atoms with van der Waals surface area (Å²) in [7, 11) is 3.04. The summed E-state index contributed by atoms with van der Waals surface area (Å²) in [6.45, 7) is 1.55. The first-order valence-electron chi connectivity index (χ1n) is 7.79. The van der Waals surface area contributed by atoms with Crippen LogP contribution in [0.25, 0.3) is 0 Å². The van der Waals surface area contributed by atoms with Crippen LogP contribution in [-0.2, 0) is 10.4 Å². The normalized spacial score (nSPS) is 13.0. The number of nitrogens with one attached hydrogen (secondary N) is 1. The molecule has 0 spiro atoms. The highest BCUT2D eigenvalue weighted by Crippen LogP contribution is 2.25. The van der Waals surface area contributed by atoms with E-state index in [0.29, 0.717) is 11.3 Å². The Bertz CT molecular complexity index is 773. The molecule has 25 heavy (non-hydrogen) atoms. The second-order valence-corrected chi connectivity index (χ2v) is 6.26. The van der Waals surface area contributed by atoms with Gasteiger partial charge in [-0.05, 0) is 30.7 Å². The van der Waals surface area contributed by atoms with Crippen molar-refractivity contribution in [1.29, 1.82) is 0 Å². The minimum Gasteiger partial charge on any atom is -0.385 e. The van der Waals surface area contributed by atoms with Crippen LogP contribution in [0.15, 0.2) is 48.5 Å². The van der Waals surface area contributed by atoms with Crippen molar-refractivity contribution in [2.45, 2.75) is 18.9 Å². The van der Waals surface area contributed by atoms with Crippen molar-refractivity contribution in [2.24, 2.45) is 0 Å². The maximum atomic E-state index is 13.8. The van der Waals surface area contributed by atoms with Gasteiger partial charge in [-0.1, -0.05) is 30.3 Å². The predicted octanol–water partition coefficient (Wildman–Crippen LogP) is 2.76. The smallest absolute Gasteiger partial charge is 0.256 e. The lowest BCUT2D eigenvalue weighted by Crippen LogP contribution is -2.28. The quantitative estimate of drug-likeness (QED) is 0.876. The summed E-state index contributed by atoms with van der Waals surface area (Å²) in [5.74, 6) is -1.60. The third-order valence-electron chi connectivity index (χ3n) is 3.79. The molecule has 0 aliphatic rings. The molecule has 0 aromatic heterocycles. The zero-order valence-corrected chi connectivity index (χ0v) is 14.4. The SMILES string of the molecule is CN(C)C(=O)c1cc(NC(=O)CC(C)(O)c2ccccc2)ccc1F. The van der Waals surface area contributed by atoms with E-state index < -0.39 is 23.2 Å². The van der Waals surface area contributed by atoms with E-state index in [-0.39, 0.29) is 12.0 Å². The average molecular weight is 344 g/mol. The van der Waals surface area contributed by atoms with Crippen LogP contribution in [0.1, 0.15) is 29.3 Å². The number of benzene rings is 2. The third kappa shape index (κ3) is 4.64. The molecule has 2 rings (SSSR count). The molecule has 0 aliphatic heterocycles. The van der Waals surface area contributed by atoms with Crippen molar-refractivity contribution >= 4 is 17.5 Å². The Morgan fingerprint density at radius 1 is 1.16 bits per heavy atom. The number of nitrogens with zero attached hydrogens (tertiary/aromatic N) is 1. The average Bonchev–Trinajstić information content (AvgIpc) is 2.56. The van der Waals surface area contributed by atoms with Gasteiger partial charge in [-0.2, -0.15) is 0 Å². The van der Waals surface area contributed by atoms with Crippen LogP contribution in [0.3, 0.4) is 0 Å². The van der Waals surface area contributed by atoms with E-state index in [4.69, 9.17) is 0 Å². The summed E-state index contributed by atoms with van der Waals surface area (Å²) in [5, 5.41) is 13.1. The molecule has 2 aromatic carbocycles. The number of hydrogen-bond acceptors (Lipinski definition) is 3. The molecule has 0 radical (unpaired) electrons. The van der Waals surface area contributed by atoms with E-state index in [2.05, 4.69) is 5.32 Å². The number of rotatable bonds is 5. The van der Waals surface area contributed by atoms with E-state index in [9.17, 15) is 19.1 Å². The Morgan fingerprint density at radius 2 is 1.80 bits per heavy atom. The van der Waals surface area contributed by atoms with Gasteiger partial charge in [0.05, 0.1) is 17.6 Å². The van der Waals surface area contributed by atoms with Gasteiger partial charge in [-0.3, -0.25) is 9.59 Å². The number of carbonyl (C=O) groups excluding carboxylic acids is 2. The fourth-order valence-corrected chi connectivity index (χ4v) is 2.42. The summed E-state index contributed by atoms with van der Waals surface area (Å²) >= 11 is 0. The molecular formula is C19H21FN2O3. The predicted molar refractivity (Wildman–Crippen MR) is 93.7 cm³/mol. The number of halogens is 1. The van der Waals surface area contributed by atoms with Crippen molar-refractivity contribution < 1.29 is 19.1 Å². The minimum absolute atomic E-state index is 0.127. The molecule has 1 unspecified atom stereocenters. The van der Waals surface area contributed by atoms with Gasteiger partial charge in [0.25, 0.3) is 5.91 Å². The third-order valence-corrected chi connectivity index (χ3v) is 3.79. The molecule has 0 bridgehead atoms. The summed E-state index contributed by atoms with van der Waals surface area (Å²) in [4.78, 5) is 25.4. The number of hydrogen-bond donors (Lipinski definition) is 2. The molecule has 132 valence electrons. The van der Waals surface area contributed by atoms with Gasteiger partial charge < -0.3 is 15.3 Å². The van der Waals surface area contributed by atoms with Crippen LogP contribution in [0, 0.1) is 5.82 Å². The summed E-state index contributed by atoms with van der Waals surface area (Å²) in [5.41, 5.74) is -0.556. The molecule has 2 N–H and O–H groups in total. The van der Waals surface area contributed by atoms with Gasteiger partial charge in [0.15, 0.2) is 0 Å². The van der Waals surface area contributed by atoms with Crippen LogP contribution in [0.5, 0.6) is 0 Å². The monoisotopic (exact) mass is 344 g/mol. The second kappa shape index (κ2) is 7.44. The number of amides is 2. The number of anilines is 1. The van der Waals surface area contributed by atoms with Crippen LogP contribution in [0.2, 0.25) is 0 Å². The molecule has 6 heteroatoms. The first kappa shape index (κ1) is 18.6. The maximum absolute atomic E-state index is 13.8. The molecule has 0 saturated carbocycles. The van der Waals surface area contributed by atoms with Crippen molar-refractivity contribution in [3.63, 3.8) is 0 Å². The van der Waals surface area contributed by atoms with Crippen molar-refractivity contribution in [2.75, 3.05) is 19.4 Å². The lowest BCUT2D eigenvalue weighted by molar-refractivity contribution is -0.120. The Morgan fingerprint density at radius 3 is 2.40 bits per heavy atom. The van der Waals surface area contributed by atoms with Gasteiger partial charge in [-0.25, -0.2) is 4.39 Å². The molecule has 2 amide bonds. The maximum Gasteiger partial charge on any atom is 0.256 e. The number of aliphatic hydroxyl groups is 1. The van der Waals surface area contributed by atoms with E-state index in [0.717, 1.165) is 6.07 Å². The largest absolute Gasteiger partial charge is 0.385 e. The molecule has 0 fully saturated rings. The highest BCUT2D eigenvalue weighted by atomic mass is 19.1. The molecule has 0 aliphatic carbocycles. The van der Waals surface area contributed by atoms with Crippen molar-refractivity contribution in [3.8, 4) is 0 Å². The minimum atomic E-state index is -1.34. The summed E-state index contributed by atoms with van der Waals surface area (Å²) < 4.78 is 13.8. The van der Waals surface area contributed by atoms with Crippen LogP contribution in [0.4, 0.5) is 10.1 Å². The highest BCUT2D eigenvalue weighted by Gasteiger charge is 2.26. The molecule has 0 saturated heterocycles. The Kier molecular flexibility index (Phi) is 5.54. The van der Waals surface area contributed by atoms with E-state index >= 15 is 0 Å². The Balaban J connectivity index is 2.13. The molecule has 1 atom stereocenters. The molecular weight excluding hydrogens is 323 g/mol. The highest BCUT2D eigenvalue weighted by molar-refractivity contribution is 5.97. The zero-order chi connectivity index (χ0) is 18.6. The van der Waals surface area contributed by atoms with Gasteiger partial charge in [0.1, 0.15) is 5.82 Å². The summed E-state index contributed by atoms with van der Waals surface area (Å²) in [6.07, 6.45) is -0.175. The number of carbonyl (C=O) groups is 2. The molecule has 0 heterocycles. The van der Waals surface area contributed by atoms with E-state index in [1.54, 1.807) is 31.2 Å². The van der Waals surface area contributed by atoms with Gasteiger partial charge >= 0.3 is 0 Å². The van der Waals surface area contributed by atoms with Crippen molar-refractivity contribution in [3.05, 3.63) is 65.5 Å². The van der Waals surface area contributed by atoms with Gasteiger partial charge in [-0.15, -0.1) is 0 Å². The fourth-order valence-electron chi connectivity index (χ4n) is 2.42. The van der Waals surface area contributed by atoms with Crippen LogP contribution in [-0.4, -0.2) is 35.9 Å². The van der Waals surface area contributed by atoms with Gasteiger partial charge in [0.2, 0.25) is 5.91 Å². The fraction of sp³-hybridized carbons (Fsp3) is 0.263. The molecule has 2 aromatic rings. The molecule has 5 nitrogen and oxygen atoms in total.